The number of hydrogen-bond donors (Lipinski definition) is 4. The molecule has 0 saturated heterocycles. The lowest BCUT2D eigenvalue weighted by atomic mass is 9.88. The van der Waals surface area contributed by atoms with Crippen molar-refractivity contribution in [3.63, 3.8) is 0 Å². The summed E-state index contributed by atoms with van der Waals surface area (Å²) in [7, 11) is 0. The van der Waals surface area contributed by atoms with Gasteiger partial charge < -0.3 is 20.6 Å². The van der Waals surface area contributed by atoms with E-state index in [-0.39, 0.29) is 29.1 Å². The molecule has 1 rings (SSSR count). The fourth-order valence-corrected chi connectivity index (χ4v) is 1.77. The van der Waals surface area contributed by atoms with E-state index in [9.17, 15) is 15.0 Å². The summed E-state index contributed by atoms with van der Waals surface area (Å²) in [5.41, 5.74) is -0.0804. The number of carbonyl (C=O) groups excluding carboxylic acids is 1. The van der Waals surface area contributed by atoms with Crippen molar-refractivity contribution in [3.8, 4) is 11.5 Å². The Kier molecular flexibility index (Phi) is 5.18. The monoisotopic (exact) mass is 267 g/mol. The van der Waals surface area contributed by atoms with Crippen LogP contribution in [0.1, 0.15) is 37.0 Å². The van der Waals surface area contributed by atoms with Gasteiger partial charge in [0.15, 0.2) is 0 Å². The molecule has 0 saturated carbocycles. The Hall–Kier alpha value is -1.75. The molecular formula is C14H21NO4. The lowest BCUT2D eigenvalue weighted by Crippen LogP contribution is -2.34. The van der Waals surface area contributed by atoms with E-state index in [1.54, 1.807) is 0 Å². The summed E-state index contributed by atoms with van der Waals surface area (Å²) in [5, 5.41) is 30.4. The third-order valence-corrected chi connectivity index (χ3v) is 2.96. The Morgan fingerprint density at radius 2 is 2.00 bits per heavy atom. The maximum absolute atomic E-state index is 11.9. The first-order chi connectivity index (χ1) is 8.85. The van der Waals surface area contributed by atoms with E-state index >= 15 is 0 Å². The van der Waals surface area contributed by atoms with Gasteiger partial charge in [0.2, 0.25) is 0 Å². The van der Waals surface area contributed by atoms with Gasteiger partial charge in [0.1, 0.15) is 11.5 Å². The fraction of sp³-hybridized carbons (Fsp3) is 0.500. The zero-order valence-electron chi connectivity index (χ0n) is 11.3. The zero-order chi connectivity index (χ0) is 14.5. The topological polar surface area (TPSA) is 89.8 Å². The van der Waals surface area contributed by atoms with Crippen LogP contribution < -0.4 is 5.32 Å². The van der Waals surface area contributed by atoms with Crippen molar-refractivity contribution < 1.29 is 20.1 Å². The normalized spacial score (nSPS) is 11.3. The summed E-state index contributed by atoms with van der Waals surface area (Å²) in [6, 6.07) is 3.82. The largest absolute Gasteiger partial charge is 0.508 e. The molecule has 0 aliphatic carbocycles. The number of phenolic OH excluding ortho intramolecular Hbond substituents is 2. The van der Waals surface area contributed by atoms with E-state index in [1.165, 1.54) is 18.2 Å². The Bertz CT molecular complexity index is 443. The van der Waals surface area contributed by atoms with Crippen LogP contribution in [0.4, 0.5) is 0 Å². The molecule has 106 valence electrons. The van der Waals surface area contributed by atoms with Gasteiger partial charge in [-0.15, -0.1) is 0 Å². The minimum Gasteiger partial charge on any atom is -0.508 e. The third-order valence-electron chi connectivity index (χ3n) is 2.96. The number of benzene rings is 1. The second-order valence-corrected chi connectivity index (χ2v) is 5.38. The predicted octanol–water partition coefficient (Wildman–Crippen LogP) is 1.63. The van der Waals surface area contributed by atoms with Crippen LogP contribution in [0.3, 0.4) is 0 Å². The molecule has 5 heteroatoms. The average Bonchev–Trinajstić information content (AvgIpc) is 2.36. The number of rotatable bonds is 6. The average molecular weight is 267 g/mol. The Labute approximate surface area is 112 Å². The number of amides is 1. The van der Waals surface area contributed by atoms with E-state index in [4.69, 9.17) is 5.11 Å². The van der Waals surface area contributed by atoms with Crippen LogP contribution >= 0.6 is 0 Å². The lowest BCUT2D eigenvalue weighted by Gasteiger charge is -2.24. The lowest BCUT2D eigenvalue weighted by molar-refractivity contribution is 0.0930. The molecule has 0 aromatic heterocycles. The zero-order valence-corrected chi connectivity index (χ0v) is 11.3. The van der Waals surface area contributed by atoms with Gasteiger partial charge >= 0.3 is 0 Å². The van der Waals surface area contributed by atoms with Gasteiger partial charge in [0.05, 0.1) is 5.56 Å². The minimum absolute atomic E-state index is 0.0537. The smallest absolute Gasteiger partial charge is 0.255 e. The first-order valence-electron chi connectivity index (χ1n) is 6.27. The predicted molar refractivity (Wildman–Crippen MR) is 72.2 cm³/mol. The number of phenols is 2. The molecule has 1 aromatic carbocycles. The molecule has 0 heterocycles. The minimum atomic E-state index is -0.425. The van der Waals surface area contributed by atoms with Crippen molar-refractivity contribution in [2.75, 3.05) is 13.2 Å². The first kappa shape index (κ1) is 15.3. The molecule has 4 N–H and O–H groups in total. The molecule has 0 radical (unpaired) electrons. The van der Waals surface area contributed by atoms with E-state index in [0.29, 0.717) is 13.0 Å². The van der Waals surface area contributed by atoms with Crippen LogP contribution in [-0.2, 0) is 0 Å². The fourth-order valence-electron chi connectivity index (χ4n) is 1.77. The number of aliphatic hydroxyl groups is 1. The van der Waals surface area contributed by atoms with Gasteiger partial charge in [-0.3, -0.25) is 4.79 Å². The molecule has 5 nitrogen and oxygen atoms in total. The van der Waals surface area contributed by atoms with Gasteiger partial charge in [-0.05, 0) is 36.5 Å². The van der Waals surface area contributed by atoms with Crippen molar-refractivity contribution in [2.24, 2.45) is 5.41 Å². The summed E-state index contributed by atoms with van der Waals surface area (Å²) in [5.74, 6) is -0.656. The summed E-state index contributed by atoms with van der Waals surface area (Å²) in [4.78, 5) is 11.9. The van der Waals surface area contributed by atoms with Gasteiger partial charge in [0, 0.05) is 13.2 Å². The molecule has 0 unspecified atom stereocenters. The van der Waals surface area contributed by atoms with Crippen molar-refractivity contribution >= 4 is 5.91 Å². The molecule has 0 atom stereocenters. The molecule has 1 amide bonds. The van der Waals surface area contributed by atoms with Crippen LogP contribution in [0, 0.1) is 5.41 Å². The highest BCUT2D eigenvalue weighted by atomic mass is 16.3. The van der Waals surface area contributed by atoms with Crippen molar-refractivity contribution in [2.45, 2.75) is 26.7 Å². The van der Waals surface area contributed by atoms with Crippen LogP contribution in [-0.4, -0.2) is 34.4 Å². The van der Waals surface area contributed by atoms with Crippen LogP contribution in [0.15, 0.2) is 18.2 Å². The van der Waals surface area contributed by atoms with Crippen molar-refractivity contribution in [3.05, 3.63) is 23.8 Å². The number of aliphatic hydroxyl groups excluding tert-OH is 1. The van der Waals surface area contributed by atoms with Crippen LogP contribution in [0.5, 0.6) is 11.5 Å². The summed E-state index contributed by atoms with van der Waals surface area (Å²) >= 11 is 0. The highest BCUT2D eigenvalue weighted by Crippen LogP contribution is 2.24. The Balaban J connectivity index is 2.62. The Morgan fingerprint density at radius 1 is 1.32 bits per heavy atom. The van der Waals surface area contributed by atoms with E-state index in [0.717, 1.165) is 6.42 Å². The van der Waals surface area contributed by atoms with Gasteiger partial charge in [-0.1, -0.05) is 13.8 Å². The summed E-state index contributed by atoms with van der Waals surface area (Å²) in [6.45, 7) is 4.54. The molecule has 0 spiro atoms. The second-order valence-electron chi connectivity index (χ2n) is 5.38. The molecular weight excluding hydrogens is 246 g/mol. The number of carbonyl (C=O) groups is 1. The molecule has 1 aromatic rings. The van der Waals surface area contributed by atoms with E-state index in [1.807, 2.05) is 13.8 Å². The quantitative estimate of drug-likeness (QED) is 0.590. The van der Waals surface area contributed by atoms with Gasteiger partial charge in [-0.25, -0.2) is 0 Å². The van der Waals surface area contributed by atoms with Crippen LogP contribution in [0.2, 0.25) is 0 Å². The summed E-state index contributed by atoms with van der Waals surface area (Å²) in [6.07, 6.45) is 1.47. The number of hydrogen-bond acceptors (Lipinski definition) is 4. The van der Waals surface area contributed by atoms with Gasteiger partial charge in [0.25, 0.3) is 5.91 Å². The van der Waals surface area contributed by atoms with E-state index < -0.39 is 5.91 Å². The third kappa shape index (κ3) is 4.79. The molecule has 0 aliphatic heterocycles. The highest BCUT2D eigenvalue weighted by molar-refractivity contribution is 5.97. The highest BCUT2D eigenvalue weighted by Gasteiger charge is 2.20. The second kappa shape index (κ2) is 6.43. The van der Waals surface area contributed by atoms with Crippen molar-refractivity contribution in [1.29, 1.82) is 0 Å². The van der Waals surface area contributed by atoms with Crippen molar-refractivity contribution in [1.82, 2.24) is 5.32 Å². The molecule has 0 fully saturated rings. The van der Waals surface area contributed by atoms with Gasteiger partial charge in [-0.2, -0.15) is 0 Å². The molecule has 19 heavy (non-hydrogen) atoms. The van der Waals surface area contributed by atoms with E-state index in [2.05, 4.69) is 5.32 Å². The standard InChI is InChI=1S/C14H21NO4/c1-14(2,6-3-7-16)9-15-13(19)11-8-10(17)4-5-12(11)18/h4-5,8,16-18H,3,6-7,9H2,1-2H3,(H,15,19). The maximum atomic E-state index is 11.9. The first-order valence-corrected chi connectivity index (χ1v) is 6.27. The SMILES string of the molecule is CC(C)(CCCO)CNC(=O)c1cc(O)ccc1O. The summed E-state index contributed by atoms with van der Waals surface area (Å²) < 4.78 is 0. The van der Waals surface area contributed by atoms with Crippen LogP contribution in [0.25, 0.3) is 0 Å². The number of aromatic hydroxyl groups is 2. The Morgan fingerprint density at radius 3 is 2.63 bits per heavy atom. The molecule has 0 aliphatic rings. The molecule has 0 bridgehead atoms. The maximum Gasteiger partial charge on any atom is 0.255 e. The number of nitrogens with one attached hydrogen (secondary N) is 1.